The van der Waals surface area contributed by atoms with Crippen LogP contribution in [0.1, 0.15) is 34.0 Å². The lowest BCUT2D eigenvalue weighted by Gasteiger charge is -2.24. The maximum absolute atomic E-state index is 12.3. The minimum atomic E-state index is -0.146. The fourth-order valence-corrected chi connectivity index (χ4v) is 2.72. The molecule has 0 fully saturated rings. The van der Waals surface area contributed by atoms with Crippen LogP contribution >= 0.6 is 0 Å². The highest BCUT2D eigenvalue weighted by atomic mass is 16.5. The first kappa shape index (κ1) is 19.5. The molecule has 0 aromatic heterocycles. The van der Waals surface area contributed by atoms with Crippen LogP contribution in [-0.4, -0.2) is 32.0 Å². The van der Waals surface area contributed by atoms with Crippen molar-refractivity contribution in [2.45, 2.75) is 27.7 Å². The van der Waals surface area contributed by atoms with E-state index in [1.54, 1.807) is 12.0 Å². The quantitative estimate of drug-likeness (QED) is 0.865. The van der Waals surface area contributed by atoms with Gasteiger partial charge in [-0.25, -0.2) is 0 Å². The first-order chi connectivity index (χ1) is 12.3. The number of methoxy groups -OCH3 is 1. The van der Waals surface area contributed by atoms with Gasteiger partial charge >= 0.3 is 0 Å². The molecule has 0 aliphatic heterocycles. The van der Waals surface area contributed by atoms with Gasteiger partial charge in [0.2, 0.25) is 5.91 Å². The van der Waals surface area contributed by atoms with Crippen LogP contribution in [0.4, 0.5) is 5.69 Å². The fraction of sp³-hybridized carbons (Fsp3) is 0.333. The summed E-state index contributed by atoms with van der Waals surface area (Å²) < 4.78 is 5.37. The normalized spacial score (nSPS) is 10.3. The van der Waals surface area contributed by atoms with Crippen molar-refractivity contribution in [3.05, 3.63) is 58.7 Å². The van der Waals surface area contributed by atoms with Crippen LogP contribution in [0.5, 0.6) is 5.75 Å². The summed E-state index contributed by atoms with van der Waals surface area (Å²) >= 11 is 0. The lowest BCUT2D eigenvalue weighted by atomic mass is 10.1. The molecule has 2 rings (SSSR count). The van der Waals surface area contributed by atoms with Gasteiger partial charge in [-0.15, -0.1) is 0 Å². The van der Waals surface area contributed by atoms with Gasteiger partial charge in [0.05, 0.1) is 12.8 Å². The third-order valence-electron chi connectivity index (χ3n) is 4.40. The van der Waals surface area contributed by atoms with Crippen LogP contribution in [-0.2, 0) is 4.79 Å². The molecule has 1 N–H and O–H groups in total. The van der Waals surface area contributed by atoms with Crippen molar-refractivity contribution in [1.82, 2.24) is 5.32 Å². The summed E-state index contributed by atoms with van der Waals surface area (Å²) in [5.41, 5.74) is 4.59. The minimum absolute atomic E-state index is 0.102. The molecular weight excluding hydrogens is 328 g/mol. The number of carbonyl (C=O) groups is 2. The van der Waals surface area contributed by atoms with E-state index in [0.29, 0.717) is 30.1 Å². The third-order valence-corrected chi connectivity index (χ3v) is 4.40. The lowest BCUT2D eigenvalue weighted by molar-refractivity contribution is -0.116. The largest absolute Gasteiger partial charge is 0.495 e. The standard InChI is InChI=1S/C21H26N2O3/c1-14-6-9-20(26-5)19(12-14)23(17(4)24)11-10-22-21(25)18-8-7-15(2)16(3)13-18/h6-9,12-13H,10-11H2,1-5H3,(H,22,25). The van der Waals surface area contributed by atoms with Crippen molar-refractivity contribution in [2.24, 2.45) is 0 Å². The highest BCUT2D eigenvalue weighted by molar-refractivity contribution is 5.95. The lowest BCUT2D eigenvalue weighted by Crippen LogP contribution is -2.37. The Morgan fingerprint density at radius 2 is 1.77 bits per heavy atom. The molecule has 0 aliphatic carbocycles. The second kappa shape index (κ2) is 8.52. The number of rotatable bonds is 6. The molecule has 2 aromatic rings. The van der Waals surface area contributed by atoms with E-state index in [4.69, 9.17) is 4.74 Å². The number of amides is 2. The molecule has 0 unspecified atom stereocenters. The summed E-state index contributed by atoms with van der Waals surface area (Å²) in [4.78, 5) is 26.1. The molecule has 0 saturated carbocycles. The summed E-state index contributed by atoms with van der Waals surface area (Å²) in [6, 6.07) is 11.3. The maximum atomic E-state index is 12.3. The van der Waals surface area contributed by atoms with Crippen LogP contribution in [0, 0.1) is 20.8 Å². The van der Waals surface area contributed by atoms with Crippen molar-refractivity contribution >= 4 is 17.5 Å². The number of anilines is 1. The number of aryl methyl sites for hydroxylation is 3. The van der Waals surface area contributed by atoms with Crippen LogP contribution in [0.3, 0.4) is 0 Å². The Kier molecular flexibility index (Phi) is 6.39. The average molecular weight is 354 g/mol. The van der Waals surface area contributed by atoms with Gasteiger partial charge in [-0.2, -0.15) is 0 Å². The van der Waals surface area contributed by atoms with E-state index in [0.717, 1.165) is 16.7 Å². The van der Waals surface area contributed by atoms with Gasteiger partial charge in [-0.1, -0.05) is 12.1 Å². The van der Waals surface area contributed by atoms with E-state index in [1.807, 2.05) is 57.2 Å². The van der Waals surface area contributed by atoms with E-state index in [-0.39, 0.29) is 11.8 Å². The number of nitrogens with one attached hydrogen (secondary N) is 1. The van der Waals surface area contributed by atoms with Crippen LogP contribution in [0.15, 0.2) is 36.4 Å². The molecule has 2 aromatic carbocycles. The number of hydrogen-bond donors (Lipinski definition) is 1. The molecule has 138 valence electrons. The predicted molar refractivity (Wildman–Crippen MR) is 104 cm³/mol. The average Bonchev–Trinajstić information content (AvgIpc) is 2.60. The molecule has 0 atom stereocenters. The summed E-state index contributed by atoms with van der Waals surface area (Å²) in [6.45, 7) is 8.18. The van der Waals surface area contributed by atoms with E-state index in [2.05, 4.69) is 5.32 Å². The molecule has 2 amide bonds. The van der Waals surface area contributed by atoms with Crippen LogP contribution in [0.25, 0.3) is 0 Å². The first-order valence-corrected chi connectivity index (χ1v) is 8.61. The monoisotopic (exact) mass is 354 g/mol. The zero-order valence-electron chi connectivity index (χ0n) is 16.1. The van der Waals surface area contributed by atoms with Gasteiger partial charge in [0.25, 0.3) is 5.91 Å². The van der Waals surface area contributed by atoms with Crippen molar-refractivity contribution < 1.29 is 14.3 Å². The second-order valence-electron chi connectivity index (χ2n) is 6.40. The van der Waals surface area contributed by atoms with Crippen molar-refractivity contribution in [3.63, 3.8) is 0 Å². The zero-order chi connectivity index (χ0) is 19.3. The molecule has 26 heavy (non-hydrogen) atoms. The molecule has 0 aliphatic rings. The Labute approximate surface area is 155 Å². The van der Waals surface area contributed by atoms with Gasteiger partial charge < -0.3 is 15.0 Å². The Bertz CT molecular complexity index is 815. The SMILES string of the molecule is COc1ccc(C)cc1N(CCNC(=O)c1ccc(C)c(C)c1)C(C)=O. The molecule has 0 heterocycles. The van der Waals surface area contributed by atoms with Crippen LogP contribution < -0.4 is 15.0 Å². The van der Waals surface area contributed by atoms with Gasteiger partial charge in [-0.05, 0) is 61.7 Å². The van der Waals surface area contributed by atoms with Crippen molar-refractivity contribution in [1.29, 1.82) is 0 Å². The molecule has 0 bridgehead atoms. The maximum Gasteiger partial charge on any atom is 0.251 e. The Morgan fingerprint density at radius 3 is 2.38 bits per heavy atom. The minimum Gasteiger partial charge on any atom is -0.495 e. The summed E-state index contributed by atoms with van der Waals surface area (Å²) in [7, 11) is 1.58. The van der Waals surface area contributed by atoms with Gasteiger partial charge in [-0.3, -0.25) is 9.59 Å². The highest BCUT2D eigenvalue weighted by Gasteiger charge is 2.17. The number of hydrogen-bond acceptors (Lipinski definition) is 3. The molecule has 5 heteroatoms. The third kappa shape index (κ3) is 4.63. The van der Waals surface area contributed by atoms with Gasteiger partial charge in [0, 0.05) is 25.6 Å². The highest BCUT2D eigenvalue weighted by Crippen LogP contribution is 2.29. The van der Waals surface area contributed by atoms with E-state index < -0.39 is 0 Å². The van der Waals surface area contributed by atoms with Gasteiger partial charge in [0.15, 0.2) is 0 Å². The Hall–Kier alpha value is -2.82. The summed E-state index contributed by atoms with van der Waals surface area (Å²) in [6.07, 6.45) is 0. The Balaban J connectivity index is 2.07. The van der Waals surface area contributed by atoms with E-state index in [1.165, 1.54) is 6.92 Å². The number of carbonyl (C=O) groups excluding carboxylic acids is 2. The topological polar surface area (TPSA) is 58.6 Å². The van der Waals surface area contributed by atoms with Crippen molar-refractivity contribution in [2.75, 3.05) is 25.1 Å². The zero-order valence-corrected chi connectivity index (χ0v) is 16.1. The summed E-state index contributed by atoms with van der Waals surface area (Å²) in [5, 5.41) is 2.88. The van der Waals surface area contributed by atoms with E-state index >= 15 is 0 Å². The molecule has 5 nitrogen and oxygen atoms in total. The second-order valence-corrected chi connectivity index (χ2v) is 6.40. The van der Waals surface area contributed by atoms with Crippen LogP contribution in [0.2, 0.25) is 0 Å². The predicted octanol–water partition coefficient (Wildman–Crippen LogP) is 3.40. The summed E-state index contributed by atoms with van der Waals surface area (Å²) in [5.74, 6) is 0.383. The Morgan fingerprint density at radius 1 is 1.04 bits per heavy atom. The number of nitrogens with zero attached hydrogens (tertiary/aromatic N) is 1. The molecular formula is C21H26N2O3. The van der Waals surface area contributed by atoms with E-state index in [9.17, 15) is 9.59 Å². The smallest absolute Gasteiger partial charge is 0.251 e. The van der Waals surface area contributed by atoms with Crippen molar-refractivity contribution in [3.8, 4) is 5.75 Å². The molecule has 0 radical (unpaired) electrons. The fourth-order valence-electron chi connectivity index (χ4n) is 2.72. The number of ether oxygens (including phenoxy) is 1. The van der Waals surface area contributed by atoms with Gasteiger partial charge in [0.1, 0.15) is 5.75 Å². The number of benzene rings is 2. The molecule has 0 saturated heterocycles. The first-order valence-electron chi connectivity index (χ1n) is 8.61. The molecule has 0 spiro atoms.